The van der Waals surface area contributed by atoms with Gasteiger partial charge in [-0.05, 0) is 38.5 Å². The van der Waals surface area contributed by atoms with Crippen molar-refractivity contribution in [3.05, 3.63) is 60.8 Å². The molecule has 1 unspecified atom stereocenters. The maximum atomic E-state index is 10.3. The van der Waals surface area contributed by atoms with Crippen molar-refractivity contribution < 1.29 is 20.0 Å². The van der Waals surface area contributed by atoms with Crippen molar-refractivity contribution in [3.8, 4) is 0 Å². The molecule has 0 radical (unpaired) electrons. The summed E-state index contributed by atoms with van der Waals surface area (Å²) in [7, 11) is 0. The van der Waals surface area contributed by atoms with E-state index in [0.717, 1.165) is 19.3 Å². The first kappa shape index (κ1) is 24.1. The normalized spacial score (nSPS) is 13.9. The largest absolute Gasteiger partial charge is 0.481 e. The highest BCUT2D eigenvalue weighted by atomic mass is 17.1. The van der Waals surface area contributed by atoms with Crippen LogP contribution in [0.1, 0.15) is 64.7 Å². The van der Waals surface area contributed by atoms with Gasteiger partial charge in [0.2, 0.25) is 0 Å². The Morgan fingerprint density at radius 3 is 2.31 bits per heavy atom. The minimum Gasteiger partial charge on any atom is -0.481 e. The number of allylic oxidation sites excluding steroid dienone is 8. The fourth-order valence-corrected chi connectivity index (χ4v) is 2.13. The molecule has 0 saturated heterocycles. The highest BCUT2D eigenvalue weighted by Crippen LogP contribution is 2.04. The van der Waals surface area contributed by atoms with Gasteiger partial charge in [0.15, 0.2) is 0 Å². The molecule has 0 aromatic rings. The lowest BCUT2D eigenvalue weighted by atomic mass is 10.1. The molecule has 26 heavy (non-hydrogen) atoms. The molecule has 4 heteroatoms. The van der Waals surface area contributed by atoms with E-state index in [1.54, 1.807) is 0 Å². The Labute approximate surface area is 158 Å². The van der Waals surface area contributed by atoms with E-state index in [1.807, 2.05) is 42.5 Å². The van der Waals surface area contributed by atoms with Gasteiger partial charge in [0.25, 0.3) is 0 Å². The van der Waals surface area contributed by atoms with Gasteiger partial charge in [-0.2, -0.15) is 0 Å². The van der Waals surface area contributed by atoms with E-state index < -0.39 is 5.97 Å². The van der Waals surface area contributed by atoms with Gasteiger partial charge < -0.3 is 5.11 Å². The third-order valence-corrected chi connectivity index (χ3v) is 3.62. The van der Waals surface area contributed by atoms with E-state index >= 15 is 0 Å². The van der Waals surface area contributed by atoms with E-state index in [-0.39, 0.29) is 12.5 Å². The standard InChI is InChI=1S/C22H34O4/c1-2-3-4-5-12-15-18-21(26-25)19-16-13-10-8-6-7-9-11-14-17-20-22(23)24/h6-7,10-16,19,21,25H,2-5,8-9,17-18,20H2,1H3,(H,23,24)/b7-6-,13-10-,14-11-,15-12-,19-16+. The molecule has 0 aliphatic heterocycles. The highest BCUT2D eigenvalue weighted by molar-refractivity contribution is 5.66. The van der Waals surface area contributed by atoms with Gasteiger partial charge in [-0.3, -0.25) is 10.1 Å². The predicted octanol–water partition coefficient (Wildman–Crippen LogP) is 6.24. The predicted molar refractivity (Wildman–Crippen MR) is 108 cm³/mol. The molecule has 0 heterocycles. The fourth-order valence-electron chi connectivity index (χ4n) is 2.13. The summed E-state index contributed by atoms with van der Waals surface area (Å²) in [4.78, 5) is 14.8. The molecule has 0 saturated carbocycles. The number of hydrogen-bond acceptors (Lipinski definition) is 3. The van der Waals surface area contributed by atoms with Crippen LogP contribution < -0.4 is 0 Å². The first-order valence-electron chi connectivity index (χ1n) is 9.51. The molecule has 4 nitrogen and oxygen atoms in total. The van der Waals surface area contributed by atoms with Gasteiger partial charge in [-0.25, -0.2) is 4.89 Å². The molecule has 0 rings (SSSR count). The summed E-state index contributed by atoms with van der Waals surface area (Å²) in [5.74, 6) is -0.764. The average Bonchev–Trinajstić information content (AvgIpc) is 2.63. The van der Waals surface area contributed by atoms with Crippen LogP contribution in [0, 0.1) is 0 Å². The Hall–Kier alpha value is -1.91. The van der Waals surface area contributed by atoms with Gasteiger partial charge in [0.05, 0.1) is 0 Å². The molecule has 0 aromatic carbocycles. The van der Waals surface area contributed by atoms with Crippen molar-refractivity contribution in [2.75, 3.05) is 0 Å². The Morgan fingerprint density at radius 1 is 0.923 bits per heavy atom. The topological polar surface area (TPSA) is 66.8 Å². The summed E-state index contributed by atoms with van der Waals surface area (Å²) in [6.45, 7) is 2.19. The summed E-state index contributed by atoms with van der Waals surface area (Å²) in [5.41, 5.74) is 0. The van der Waals surface area contributed by atoms with E-state index in [2.05, 4.69) is 30.0 Å². The smallest absolute Gasteiger partial charge is 0.303 e. The lowest BCUT2D eigenvalue weighted by Gasteiger charge is -2.04. The van der Waals surface area contributed by atoms with Crippen molar-refractivity contribution in [3.63, 3.8) is 0 Å². The quantitative estimate of drug-likeness (QED) is 0.112. The SMILES string of the molecule is CCCCC/C=C\CC(/C=C/C=C\C/C=C\C/C=C\CCC(=O)O)OO. The highest BCUT2D eigenvalue weighted by Gasteiger charge is 1.99. The number of aliphatic carboxylic acids is 1. The number of unbranched alkanes of at least 4 members (excludes halogenated alkanes) is 3. The summed E-state index contributed by atoms with van der Waals surface area (Å²) < 4.78 is 0. The van der Waals surface area contributed by atoms with Crippen LogP contribution in [-0.2, 0) is 9.68 Å². The zero-order chi connectivity index (χ0) is 19.3. The third kappa shape index (κ3) is 18.4. The van der Waals surface area contributed by atoms with Crippen molar-refractivity contribution in [2.45, 2.75) is 70.8 Å². The van der Waals surface area contributed by atoms with E-state index in [0.29, 0.717) is 12.8 Å². The second-order valence-corrected chi connectivity index (χ2v) is 6.01. The van der Waals surface area contributed by atoms with Crippen LogP contribution in [0.3, 0.4) is 0 Å². The number of carboxylic acid groups (broad SMARTS) is 1. The van der Waals surface area contributed by atoms with E-state index in [9.17, 15) is 4.79 Å². The number of hydrogen-bond donors (Lipinski definition) is 2. The molecule has 0 bridgehead atoms. The Kier molecular flexibility index (Phi) is 18.0. The first-order chi connectivity index (χ1) is 12.7. The second-order valence-electron chi connectivity index (χ2n) is 6.01. The zero-order valence-corrected chi connectivity index (χ0v) is 15.9. The molecule has 1 atom stereocenters. The Balaban J connectivity index is 3.82. The molecule has 0 aliphatic rings. The van der Waals surface area contributed by atoms with Crippen LogP contribution in [0.5, 0.6) is 0 Å². The van der Waals surface area contributed by atoms with Gasteiger partial charge >= 0.3 is 5.97 Å². The molecular formula is C22H34O4. The Bertz CT molecular complexity index is 473. The van der Waals surface area contributed by atoms with Gasteiger partial charge in [0, 0.05) is 6.42 Å². The summed E-state index contributed by atoms with van der Waals surface area (Å²) in [6, 6.07) is 0. The maximum Gasteiger partial charge on any atom is 0.303 e. The maximum absolute atomic E-state index is 10.3. The average molecular weight is 363 g/mol. The minimum atomic E-state index is -0.764. The molecule has 0 aliphatic carbocycles. The lowest BCUT2D eigenvalue weighted by Crippen LogP contribution is -2.04. The summed E-state index contributed by atoms with van der Waals surface area (Å²) >= 11 is 0. The van der Waals surface area contributed by atoms with Crippen molar-refractivity contribution in [1.29, 1.82) is 0 Å². The van der Waals surface area contributed by atoms with E-state index in [4.69, 9.17) is 10.4 Å². The first-order valence-corrected chi connectivity index (χ1v) is 9.51. The number of rotatable bonds is 16. The molecular weight excluding hydrogens is 328 g/mol. The molecule has 0 aromatic heterocycles. The summed E-state index contributed by atoms with van der Waals surface area (Å²) in [5, 5.41) is 17.4. The van der Waals surface area contributed by atoms with Gasteiger partial charge in [-0.1, -0.05) is 80.5 Å². The van der Waals surface area contributed by atoms with Crippen LogP contribution in [0.2, 0.25) is 0 Å². The van der Waals surface area contributed by atoms with Gasteiger partial charge in [-0.15, -0.1) is 0 Å². The lowest BCUT2D eigenvalue weighted by molar-refractivity contribution is -0.264. The Morgan fingerprint density at radius 2 is 1.62 bits per heavy atom. The fraction of sp³-hybridized carbons (Fsp3) is 0.500. The van der Waals surface area contributed by atoms with Crippen LogP contribution in [0.25, 0.3) is 0 Å². The van der Waals surface area contributed by atoms with Crippen molar-refractivity contribution in [1.82, 2.24) is 0 Å². The molecule has 146 valence electrons. The number of carbonyl (C=O) groups is 1. The molecule has 0 amide bonds. The van der Waals surface area contributed by atoms with Gasteiger partial charge in [0.1, 0.15) is 6.10 Å². The minimum absolute atomic E-state index is 0.183. The monoisotopic (exact) mass is 362 g/mol. The number of carboxylic acids is 1. The van der Waals surface area contributed by atoms with Crippen LogP contribution in [0.15, 0.2) is 60.8 Å². The molecule has 2 N–H and O–H groups in total. The summed E-state index contributed by atoms with van der Waals surface area (Å²) in [6.07, 6.45) is 27.4. The van der Waals surface area contributed by atoms with Crippen molar-refractivity contribution in [2.24, 2.45) is 0 Å². The van der Waals surface area contributed by atoms with E-state index in [1.165, 1.54) is 19.3 Å². The van der Waals surface area contributed by atoms with Crippen molar-refractivity contribution >= 4 is 5.97 Å². The van der Waals surface area contributed by atoms with Crippen LogP contribution in [0.4, 0.5) is 0 Å². The van der Waals surface area contributed by atoms with Crippen LogP contribution >= 0.6 is 0 Å². The second kappa shape index (κ2) is 19.4. The molecule has 0 spiro atoms. The van der Waals surface area contributed by atoms with Crippen LogP contribution in [-0.4, -0.2) is 22.4 Å². The molecule has 0 fully saturated rings. The third-order valence-electron chi connectivity index (χ3n) is 3.62. The zero-order valence-electron chi connectivity index (χ0n) is 15.9.